The lowest BCUT2D eigenvalue weighted by molar-refractivity contribution is -0.118. The third-order valence-electron chi connectivity index (χ3n) is 6.30. The van der Waals surface area contributed by atoms with Crippen molar-refractivity contribution < 1.29 is 4.79 Å². The Bertz CT molecular complexity index is 780. The predicted octanol–water partition coefficient (Wildman–Crippen LogP) is 2.98. The first-order valence-electron chi connectivity index (χ1n) is 11.5. The van der Waals surface area contributed by atoms with Crippen molar-refractivity contribution in [3.63, 3.8) is 0 Å². The average Bonchev–Trinajstić information content (AvgIpc) is 2.75. The Balaban J connectivity index is 1.53. The second kappa shape index (κ2) is 12.0. The molecule has 0 aromatic heterocycles. The van der Waals surface area contributed by atoms with E-state index in [1.54, 1.807) is 0 Å². The number of carbonyl (C=O) groups is 1. The molecule has 0 atom stereocenters. The van der Waals surface area contributed by atoms with E-state index >= 15 is 0 Å². The van der Waals surface area contributed by atoms with Gasteiger partial charge in [0.1, 0.15) is 0 Å². The number of nitrogens with zero attached hydrogens (tertiary/aromatic N) is 3. The van der Waals surface area contributed by atoms with E-state index in [1.165, 1.54) is 42.5 Å². The molecule has 164 valence electrons. The van der Waals surface area contributed by atoms with Gasteiger partial charge in [0.15, 0.2) is 0 Å². The summed E-state index contributed by atoms with van der Waals surface area (Å²) in [5, 5.41) is 2.70. The topological polar surface area (TPSA) is 52.8 Å². The number of amides is 1. The summed E-state index contributed by atoms with van der Waals surface area (Å²) in [4.78, 5) is 18.6. The fourth-order valence-corrected chi connectivity index (χ4v) is 4.29. The Hall–Kier alpha value is -1.95. The van der Waals surface area contributed by atoms with Crippen LogP contribution in [0.2, 0.25) is 0 Å². The lowest BCUT2D eigenvalue weighted by atomic mass is 10.0. The predicted molar refractivity (Wildman–Crippen MR) is 126 cm³/mol. The minimum Gasteiger partial charge on any atom is -0.370 e. The van der Waals surface area contributed by atoms with Gasteiger partial charge < -0.3 is 15.5 Å². The standard InChI is InChI=1S/C25H38N4O/c1-27-16-18-29(19-17-27)21-20-28(14-6-2-3-12-25(26)30)15-13-23-10-7-9-22-8-4-5-11-24(22)23/h4-5,7-11H,2-3,6,12-21H2,1H3,(H2,26,30). The number of rotatable bonds is 12. The van der Waals surface area contributed by atoms with Gasteiger partial charge in [-0.05, 0) is 49.2 Å². The number of nitrogens with two attached hydrogens (primary N) is 1. The third kappa shape index (κ3) is 7.38. The molecular formula is C25H38N4O. The van der Waals surface area contributed by atoms with Crippen molar-refractivity contribution in [1.82, 2.24) is 14.7 Å². The van der Waals surface area contributed by atoms with Crippen LogP contribution in [0, 0.1) is 0 Å². The van der Waals surface area contributed by atoms with Gasteiger partial charge in [-0.1, -0.05) is 48.9 Å². The number of carbonyl (C=O) groups excluding carboxylic acids is 1. The summed E-state index contributed by atoms with van der Waals surface area (Å²) in [5.74, 6) is -0.183. The number of hydrogen-bond acceptors (Lipinski definition) is 4. The van der Waals surface area contributed by atoms with Crippen LogP contribution in [0.4, 0.5) is 0 Å². The molecule has 1 aliphatic heterocycles. The molecule has 0 aliphatic carbocycles. The molecule has 30 heavy (non-hydrogen) atoms. The first kappa shape index (κ1) is 22.7. The number of primary amides is 1. The quantitative estimate of drug-likeness (QED) is 0.547. The van der Waals surface area contributed by atoms with Gasteiger partial charge >= 0.3 is 0 Å². The molecule has 0 bridgehead atoms. The maximum absolute atomic E-state index is 11.0. The van der Waals surface area contributed by atoms with Crippen molar-refractivity contribution in [2.45, 2.75) is 32.1 Å². The van der Waals surface area contributed by atoms with E-state index in [1.807, 2.05) is 0 Å². The van der Waals surface area contributed by atoms with Crippen molar-refractivity contribution in [1.29, 1.82) is 0 Å². The summed E-state index contributed by atoms with van der Waals surface area (Å²) < 4.78 is 0. The highest BCUT2D eigenvalue weighted by Crippen LogP contribution is 2.19. The maximum atomic E-state index is 11.0. The molecule has 5 heteroatoms. The van der Waals surface area contributed by atoms with Crippen LogP contribution in [0.25, 0.3) is 10.8 Å². The van der Waals surface area contributed by atoms with Crippen LogP contribution in [0.1, 0.15) is 31.2 Å². The van der Waals surface area contributed by atoms with Crippen molar-refractivity contribution in [2.75, 3.05) is 59.4 Å². The van der Waals surface area contributed by atoms with Gasteiger partial charge in [-0.15, -0.1) is 0 Å². The monoisotopic (exact) mass is 410 g/mol. The van der Waals surface area contributed by atoms with E-state index < -0.39 is 0 Å². The highest BCUT2D eigenvalue weighted by molar-refractivity contribution is 5.85. The minimum absolute atomic E-state index is 0.183. The zero-order chi connectivity index (χ0) is 21.2. The molecule has 0 saturated carbocycles. The zero-order valence-corrected chi connectivity index (χ0v) is 18.6. The summed E-state index contributed by atoms with van der Waals surface area (Å²) in [7, 11) is 2.21. The SMILES string of the molecule is CN1CCN(CCN(CCCCCC(N)=O)CCc2cccc3ccccc23)CC1. The lowest BCUT2D eigenvalue weighted by Crippen LogP contribution is -2.47. The Morgan fingerprint density at radius 2 is 1.70 bits per heavy atom. The van der Waals surface area contributed by atoms with E-state index in [9.17, 15) is 4.79 Å². The van der Waals surface area contributed by atoms with Gasteiger partial charge in [0.05, 0.1) is 0 Å². The molecule has 1 aliphatic rings. The van der Waals surface area contributed by atoms with E-state index in [4.69, 9.17) is 5.73 Å². The molecule has 2 N–H and O–H groups in total. The summed E-state index contributed by atoms with van der Waals surface area (Å²) in [6.07, 6.45) is 4.70. The van der Waals surface area contributed by atoms with E-state index in [0.29, 0.717) is 6.42 Å². The van der Waals surface area contributed by atoms with Crippen LogP contribution in [0.15, 0.2) is 42.5 Å². The molecule has 0 unspecified atom stereocenters. The number of piperazine rings is 1. The normalized spacial score (nSPS) is 15.8. The highest BCUT2D eigenvalue weighted by Gasteiger charge is 2.15. The minimum atomic E-state index is -0.183. The molecule has 1 amide bonds. The van der Waals surface area contributed by atoms with E-state index in [-0.39, 0.29) is 5.91 Å². The molecule has 0 spiro atoms. The van der Waals surface area contributed by atoms with Crippen LogP contribution in [-0.4, -0.2) is 80.0 Å². The summed E-state index contributed by atoms with van der Waals surface area (Å²) in [5.41, 5.74) is 6.71. The Kier molecular flexibility index (Phi) is 9.12. The van der Waals surface area contributed by atoms with Crippen LogP contribution in [-0.2, 0) is 11.2 Å². The van der Waals surface area contributed by atoms with Gasteiger partial charge in [-0.3, -0.25) is 9.69 Å². The molecule has 3 rings (SSSR count). The van der Waals surface area contributed by atoms with E-state index in [0.717, 1.165) is 51.9 Å². The highest BCUT2D eigenvalue weighted by atomic mass is 16.1. The maximum Gasteiger partial charge on any atom is 0.217 e. The first-order valence-corrected chi connectivity index (χ1v) is 11.5. The Morgan fingerprint density at radius 3 is 2.50 bits per heavy atom. The van der Waals surface area contributed by atoms with Gasteiger partial charge in [0, 0.05) is 52.2 Å². The molecular weight excluding hydrogens is 372 g/mol. The Labute approximate surface area is 181 Å². The molecule has 1 fully saturated rings. The van der Waals surface area contributed by atoms with Crippen molar-refractivity contribution >= 4 is 16.7 Å². The van der Waals surface area contributed by atoms with Crippen LogP contribution in [0.5, 0.6) is 0 Å². The van der Waals surface area contributed by atoms with Gasteiger partial charge in [-0.2, -0.15) is 0 Å². The van der Waals surface area contributed by atoms with E-state index in [2.05, 4.69) is 64.2 Å². The number of fused-ring (bicyclic) bond motifs is 1. The largest absolute Gasteiger partial charge is 0.370 e. The second-order valence-corrected chi connectivity index (χ2v) is 8.65. The molecule has 1 saturated heterocycles. The summed E-state index contributed by atoms with van der Waals surface area (Å²) in [6.45, 7) is 9.12. The summed E-state index contributed by atoms with van der Waals surface area (Å²) in [6, 6.07) is 15.3. The van der Waals surface area contributed by atoms with Crippen LogP contribution in [0.3, 0.4) is 0 Å². The molecule has 2 aromatic rings. The van der Waals surface area contributed by atoms with Crippen LogP contribution < -0.4 is 5.73 Å². The molecule has 5 nitrogen and oxygen atoms in total. The van der Waals surface area contributed by atoms with Gasteiger partial charge in [0.25, 0.3) is 0 Å². The fraction of sp³-hybridized carbons (Fsp3) is 0.560. The molecule has 1 heterocycles. The molecule has 2 aromatic carbocycles. The van der Waals surface area contributed by atoms with Crippen molar-refractivity contribution in [2.24, 2.45) is 5.73 Å². The van der Waals surface area contributed by atoms with Crippen molar-refractivity contribution in [3.8, 4) is 0 Å². The number of hydrogen-bond donors (Lipinski definition) is 1. The average molecular weight is 411 g/mol. The Morgan fingerprint density at radius 1 is 0.933 bits per heavy atom. The number of unbranched alkanes of at least 4 members (excludes halogenated alkanes) is 2. The van der Waals surface area contributed by atoms with Gasteiger partial charge in [0.2, 0.25) is 5.91 Å². The second-order valence-electron chi connectivity index (χ2n) is 8.65. The first-order chi connectivity index (χ1) is 14.6. The third-order valence-corrected chi connectivity index (χ3v) is 6.30. The van der Waals surface area contributed by atoms with Gasteiger partial charge in [-0.25, -0.2) is 0 Å². The fourth-order valence-electron chi connectivity index (χ4n) is 4.29. The summed E-state index contributed by atoms with van der Waals surface area (Å²) >= 11 is 0. The van der Waals surface area contributed by atoms with Crippen LogP contribution >= 0.6 is 0 Å². The number of benzene rings is 2. The lowest BCUT2D eigenvalue weighted by Gasteiger charge is -2.34. The molecule has 0 radical (unpaired) electrons. The van der Waals surface area contributed by atoms with Crippen molar-refractivity contribution in [3.05, 3.63) is 48.0 Å². The number of likely N-dealkylation sites (N-methyl/N-ethyl adjacent to an activating group) is 1. The smallest absolute Gasteiger partial charge is 0.217 e. The zero-order valence-electron chi connectivity index (χ0n) is 18.6.